The summed E-state index contributed by atoms with van der Waals surface area (Å²) in [5.41, 5.74) is -0.212. The number of nitrogens with zero attached hydrogens (tertiary/aromatic N) is 3. The fourth-order valence-corrected chi connectivity index (χ4v) is 3.22. The number of aromatic carboxylic acids is 1. The summed E-state index contributed by atoms with van der Waals surface area (Å²) >= 11 is 1.18. The molecule has 19 heavy (non-hydrogen) atoms. The molecule has 0 aliphatic heterocycles. The molecule has 0 spiro atoms. The van der Waals surface area contributed by atoms with Crippen molar-refractivity contribution in [2.45, 2.75) is 4.90 Å². The molecule has 7 nitrogen and oxygen atoms in total. The third-order valence-electron chi connectivity index (χ3n) is 2.30. The Kier molecular flexibility index (Phi) is 3.49. The Morgan fingerprint density at radius 3 is 2.58 bits per heavy atom. The Morgan fingerprint density at radius 1 is 1.37 bits per heavy atom. The van der Waals surface area contributed by atoms with Crippen molar-refractivity contribution in [3.8, 4) is 0 Å². The van der Waals surface area contributed by atoms with Gasteiger partial charge in [0.15, 0.2) is 5.13 Å². The van der Waals surface area contributed by atoms with Crippen molar-refractivity contribution in [3.63, 3.8) is 0 Å². The average molecular weight is 299 g/mol. The molecule has 2 rings (SSSR count). The smallest absolute Gasteiger partial charge is 0.354 e. The van der Waals surface area contributed by atoms with Crippen LogP contribution < -0.4 is 4.31 Å². The fourth-order valence-electron chi connectivity index (χ4n) is 1.29. The Hall–Kier alpha value is -2.00. The van der Waals surface area contributed by atoms with Gasteiger partial charge in [-0.15, -0.1) is 11.3 Å². The Labute approximate surface area is 113 Å². The number of carbonyl (C=O) groups is 1. The highest BCUT2D eigenvalue weighted by Crippen LogP contribution is 2.23. The molecule has 0 aliphatic carbocycles. The van der Waals surface area contributed by atoms with E-state index in [1.807, 2.05) is 0 Å². The zero-order valence-electron chi connectivity index (χ0n) is 9.72. The van der Waals surface area contributed by atoms with Gasteiger partial charge in [0.05, 0.1) is 0 Å². The SMILES string of the molecule is CN(c1nccs1)S(=O)(=O)c1ccc(C(=O)O)nc1. The lowest BCUT2D eigenvalue weighted by atomic mass is 10.4. The molecule has 0 radical (unpaired) electrons. The van der Waals surface area contributed by atoms with Gasteiger partial charge in [-0.3, -0.25) is 0 Å². The van der Waals surface area contributed by atoms with Crippen LogP contribution in [0.4, 0.5) is 5.13 Å². The van der Waals surface area contributed by atoms with Crippen molar-refractivity contribution in [2.24, 2.45) is 0 Å². The van der Waals surface area contributed by atoms with Crippen LogP contribution >= 0.6 is 11.3 Å². The van der Waals surface area contributed by atoms with Crippen LogP contribution in [0.15, 0.2) is 34.8 Å². The zero-order chi connectivity index (χ0) is 14.0. The minimum absolute atomic E-state index is 0.0878. The van der Waals surface area contributed by atoms with Crippen LogP contribution in [0.25, 0.3) is 0 Å². The largest absolute Gasteiger partial charge is 0.477 e. The van der Waals surface area contributed by atoms with E-state index in [0.29, 0.717) is 5.13 Å². The maximum absolute atomic E-state index is 12.2. The van der Waals surface area contributed by atoms with Crippen LogP contribution in [0.1, 0.15) is 10.5 Å². The molecule has 9 heteroatoms. The van der Waals surface area contributed by atoms with Crippen molar-refractivity contribution >= 4 is 32.5 Å². The number of sulfonamides is 1. The molecule has 0 unspecified atom stereocenters. The summed E-state index contributed by atoms with van der Waals surface area (Å²) in [4.78, 5) is 18.1. The molecular formula is C10H9N3O4S2. The monoisotopic (exact) mass is 299 g/mol. The number of carboxylic acid groups (broad SMARTS) is 1. The zero-order valence-corrected chi connectivity index (χ0v) is 11.3. The normalized spacial score (nSPS) is 11.2. The van der Waals surface area contributed by atoms with E-state index in [-0.39, 0.29) is 10.6 Å². The van der Waals surface area contributed by atoms with E-state index in [1.165, 1.54) is 30.6 Å². The number of hydrogen-bond donors (Lipinski definition) is 1. The van der Waals surface area contributed by atoms with Crippen molar-refractivity contribution < 1.29 is 18.3 Å². The maximum Gasteiger partial charge on any atom is 0.354 e. The number of pyridine rings is 1. The van der Waals surface area contributed by atoms with Crippen molar-refractivity contribution in [3.05, 3.63) is 35.6 Å². The van der Waals surface area contributed by atoms with Crippen LogP contribution in [-0.4, -0.2) is 36.5 Å². The molecular weight excluding hydrogens is 290 g/mol. The van der Waals surface area contributed by atoms with E-state index in [2.05, 4.69) is 9.97 Å². The van der Waals surface area contributed by atoms with Gasteiger partial charge in [-0.2, -0.15) is 0 Å². The number of hydrogen-bond acceptors (Lipinski definition) is 6. The first kappa shape index (κ1) is 13.4. The van der Waals surface area contributed by atoms with Gasteiger partial charge in [0.2, 0.25) is 0 Å². The lowest BCUT2D eigenvalue weighted by Crippen LogP contribution is -2.26. The highest BCUT2D eigenvalue weighted by atomic mass is 32.2. The predicted molar refractivity (Wildman–Crippen MR) is 68.9 cm³/mol. The van der Waals surface area contributed by atoms with Gasteiger partial charge in [0.25, 0.3) is 10.0 Å². The highest BCUT2D eigenvalue weighted by Gasteiger charge is 2.23. The summed E-state index contributed by atoms with van der Waals surface area (Å²) in [6.45, 7) is 0. The highest BCUT2D eigenvalue weighted by molar-refractivity contribution is 7.93. The molecule has 0 bridgehead atoms. The summed E-state index contributed by atoms with van der Waals surface area (Å²) in [6, 6.07) is 2.35. The second-order valence-electron chi connectivity index (χ2n) is 3.47. The molecule has 0 amide bonds. The first-order chi connectivity index (χ1) is 8.93. The molecule has 0 aromatic carbocycles. The van der Waals surface area contributed by atoms with E-state index in [4.69, 9.17) is 5.11 Å². The van der Waals surface area contributed by atoms with Crippen LogP contribution in [-0.2, 0) is 10.0 Å². The summed E-state index contributed by atoms with van der Waals surface area (Å²) in [5.74, 6) is -1.21. The summed E-state index contributed by atoms with van der Waals surface area (Å²) < 4.78 is 25.5. The van der Waals surface area contributed by atoms with Crippen LogP contribution in [0.2, 0.25) is 0 Å². The van der Waals surface area contributed by atoms with E-state index < -0.39 is 16.0 Å². The summed E-state index contributed by atoms with van der Waals surface area (Å²) in [6.07, 6.45) is 2.51. The van der Waals surface area contributed by atoms with Crippen molar-refractivity contribution in [1.82, 2.24) is 9.97 Å². The molecule has 100 valence electrons. The number of thiazole rings is 1. The molecule has 0 saturated heterocycles. The number of carboxylic acids is 1. The van der Waals surface area contributed by atoms with E-state index in [0.717, 1.165) is 16.6 Å². The minimum Gasteiger partial charge on any atom is -0.477 e. The lowest BCUT2D eigenvalue weighted by Gasteiger charge is -2.15. The van der Waals surface area contributed by atoms with E-state index in [9.17, 15) is 13.2 Å². The van der Waals surface area contributed by atoms with Crippen LogP contribution in [0.5, 0.6) is 0 Å². The molecule has 2 aromatic heterocycles. The van der Waals surface area contributed by atoms with Crippen LogP contribution in [0, 0.1) is 0 Å². The fraction of sp³-hybridized carbons (Fsp3) is 0.100. The van der Waals surface area contributed by atoms with Gasteiger partial charge < -0.3 is 5.11 Å². The Bertz CT molecular complexity index is 680. The van der Waals surface area contributed by atoms with Crippen LogP contribution in [0.3, 0.4) is 0 Å². The maximum atomic E-state index is 12.2. The Morgan fingerprint density at radius 2 is 2.11 bits per heavy atom. The second kappa shape index (κ2) is 4.94. The van der Waals surface area contributed by atoms with Gasteiger partial charge in [0, 0.05) is 24.8 Å². The summed E-state index contributed by atoms with van der Waals surface area (Å²) in [7, 11) is -2.40. The standard InChI is InChI=1S/C10H9N3O4S2/c1-13(10-11-4-5-18-10)19(16,17)7-2-3-8(9(14)15)12-6-7/h2-6H,1H3,(H,14,15). The Balaban J connectivity index is 2.37. The summed E-state index contributed by atoms with van der Waals surface area (Å²) in [5, 5.41) is 10.7. The van der Waals surface area contributed by atoms with Gasteiger partial charge in [-0.25, -0.2) is 27.5 Å². The van der Waals surface area contributed by atoms with Crippen molar-refractivity contribution in [2.75, 3.05) is 11.4 Å². The molecule has 2 aromatic rings. The number of aromatic nitrogens is 2. The number of rotatable bonds is 4. The molecule has 1 N–H and O–H groups in total. The predicted octanol–water partition coefficient (Wildman–Crippen LogP) is 1.06. The molecule has 0 fully saturated rings. The first-order valence-corrected chi connectivity index (χ1v) is 7.32. The average Bonchev–Trinajstić information content (AvgIpc) is 2.91. The van der Waals surface area contributed by atoms with Gasteiger partial charge in [-0.1, -0.05) is 0 Å². The van der Waals surface area contributed by atoms with Crippen molar-refractivity contribution in [1.29, 1.82) is 0 Å². The molecule has 0 saturated carbocycles. The second-order valence-corrected chi connectivity index (χ2v) is 6.31. The first-order valence-electron chi connectivity index (χ1n) is 5.00. The third-order valence-corrected chi connectivity index (χ3v) is 5.00. The topological polar surface area (TPSA) is 100 Å². The van der Waals surface area contributed by atoms with E-state index >= 15 is 0 Å². The quantitative estimate of drug-likeness (QED) is 0.906. The van der Waals surface area contributed by atoms with Gasteiger partial charge in [0.1, 0.15) is 10.6 Å². The number of anilines is 1. The van der Waals surface area contributed by atoms with Gasteiger partial charge >= 0.3 is 5.97 Å². The third kappa shape index (κ3) is 2.56. The molecule has 0 aliphatic rings. The lowest BCUT2D eigenvalue weighted by molar-refractivity contribution is 0.0690. The minimum atomic E-state index is -3.78. The van der Waals surface area contributed by atoms with Gasteiger partial charge in [-0.05, 0) is 12.1 Å². The molecule has 2 heterocycles. The molecule has 0 atom stereocenters. The van der Waals surface area contributed by atoms with E-state index in [1.54, 1.807) is 5.38 Å².